The Balaban J connectivity index is 2.04. The fraction of sp³-hybridized carbons (Fsp3) is 0.286. The molecule has 0 bridgehead atoms. The number of benzene rings is 3. The third-order valence-electron chi connectivity index (χ3n) is 5.90. The van der Waals surface area contributed by atoms with Crippen molar-refractivity contribution in [3.63, 3.8) is 0 Å². The summed E-state index contributed by atoms with van der Waals surface area (Å²) in [5, 5.41) is 3.24. The van der Waals surface area contributed by atoms with Crippen LogP contribution in [0.5, 0.6) is 0 Å². The van der Waals surface area contributed by atoms with Crippen LogP contribution in [0.1, 0.15) is 31.4 Å². The average molecular weight is 542 g/mol. The lowest BCUT2D eigenvalue weighted by molar-refractivity contribution is -0.140. The second kappa shape index (κ2) is 12.7. The number of anilines is 1. The molecule has 0 aliphatic carbocycles. The molecular weight excluding hydrogens is 510 g/mol. The number of amides is 2. The number of carbonyl (C=O) groups excluding carboxylic acids is 2. The predicted molar refractivity (Wildman–Crippen MR) is 147 cm³/mol. The van der Waals surface area contributed by atoms with Gasteiger partial charge in [0.25, 0.3) is 10.0 Å². The van der Waals surface area contributed by atoms with Gasteiger partial charge in [0.15, 0.2) is 0 Å². The second-order valence-corrected chi connectivity index (χ2v) is 10.9. The van der Waals surface area contributed by atoms with Crippen molar-refractivity contribution in [3.05, 3.63) is 95.0 Å². The maximum Gasteiger partial charge on any atom is 0.264 e. The van der Waals surface area contributed by atoms with Crippen LogP contribution < -0.4 is 9.62 Å². The van der Waals surface area contributed by atoms with Gasteiger partial charge in [0.05, 0.1) is 10.6 Å². The first kappa shape index (κ1) is 28.2. The highest BCUT2D eigenvalue weighted by atomic mass is 35.5. The molecule has 0 saturated heterocycles. The van der Waals surface area contributed by atoms with Crippen molar-refractivity contribution in [1.82, 2.24) is 10.2 Å². The molecule has 3 aromatic carbocycles. The molecular formula is C28H32ClN3O4S. The van der Waals surface area contributed by atoms with Crippen LogP contribution in [0.3, 0.4) is 0 Å². The molecule has 2 amide bonds. The van der Waals surface area contributed by atoms with E-state index in [2.05, 4.69) is 5.32 Å². The number of rotatable bonds is 11. The first-order chi connectivity index (χ1) is 17.7. The standard InChI is InChI=1S/C28H32ClN3O4S/c1-4-26(28(34)30-5-2)31(19-22-11-9-10-21(3)18-22)27(33)20-32(24-16-14-23(29)15-17-24)37(35,36)25-12-7-6-8-13-25/h6-18,26H,4-5,19-20H2,1-3H3,(H,30,34)/t26-/m1/s1. The van der Waals surface area contributed by atoms with E-state index in [1.165, 1.54) is 17.0 Å². The number of carbonyl (C=O) groups is 2. The van der Waals surface area contributed by atoms with Crippen LogP contribution in [0.15, 0.2) is 83.8 Å². The van der Waals surface area contributed by atoms with Crippen molar-refractivity contribution in [1.29, 1.82) is 0 Å². The fourth-order valence-electron chi connectivity index (χ4n) is 4.07. The third kappa shape index (κ3) is 7.11. The SMILES string of the molecule is CCNC(=O)[C@@H](CC)N(Cc1cccc(C)c1)C(=O)CN(c1ccc(Cl)cc1)S(=O)(=O)c1ccccc1. The second-order valence-electron chi connectivity index (χ2n) is 8.63. The maximum atomic E-state index is 13.9. The Kier molecular flexibility index (Phi) is 9.72. The summed E-state index contributed by atoms with van der Waals surface area (Å²) in [6.45, 7) is 5.68. The molecule has 0 radical (unpaired) electrons. The third-order valence-corrected chi connectivity index (χ3v) is 7.94. The highest BCUT2D eigenvalue weighted by molar-refractivity contribution is 7.92. The van der Waals surface area contributed by atoms with Gasteiger partial charge in [-0.05, 0) is 62.2 Å². The van der Waals surface area contributed by atoms with E-state index >= 15 is 0 Å². The zero-order chi connectivity index (χ0) is 27.0. The smallest absolute Gasteiger partial charge is 0.264 e. The first-order valence-electron chi connectivity index (χ1n) is 12.1. The van der Waals surface area contributed by atoms with E-state index in [1.54, 1.807) is 42.5 Å². The van der Waals surface area contributed by atoms with E-state index in [1.807, 2.05) is 45.0 Å². The van der Waals surface area contributed by atoms with Gasteiger partial charge in [-0.1, -0.05) is 66.6 Å². The molecule has 0 heterocycles. The monoisotopic (exact) mass is 541 g/mol. The molecule has 0 aromatic heterocycles. The lowest BCUT2D eigenvalue weighted by Gasteiger charge is -2.33. The summed E-state index contributed by atoms with van der Waals surface area (Å²) in [6.07, 6.45) is 0.371. The lowest BCUT2D eigenvalue weighted by Crippen LogP contribution is -2.52. The Bertz CT molecular complexity index is 1310. The maximum absolute atomic E-state index is 13.9. The highest BCUT2D eigenvalue weighted by Gasteiger charge is 2.33. The minimum Gasteiger partial charge on any atom is -0.355 e. The van der Waals surface area contributed by atoms with Crippen LogP contribution >= 0.6 is 11.6 Å². The largest absolute Gasteiger partial charge is 0.355 e. The quantitative estimate of drug-likeness (QED) is 0.378. The summed E-state index contributed by atoms with van der Waals surface area (Å²) >= 11 is 6.04. The highest BCUT2D eigenvalue weighted by Crippen LogP contribution is 2.26. The fourth-order valence-corrected chi connectivity index (χ4v) is 5.64. The molecule has 0 aliphatic rings. The molecule has 0 unspecified atom stereocenters. The van der Waals surface area contributed by atoms with Crippen LogP contribution in [0.2, 0.25) is 5.02 Å². The van der Waals surface area contributed by atoms with E-state index in [0.717, 1.165) is 15.4 Å². The molecule has 37 heavy (non-hydrogen) atoms. The van der Waals surface area contributed by atoms with Crippen LogP contribution in [0.25, 0.3) is 0 Å². The van der Waals surface area contributed by atoms with Crippen molar-refractivity contribution in [2.75, 3.05) is 17.4 Å². The van der Waals surface area contributed by atoms with Crippen molar-refractivity contribution < 1.29 is 18.0 Å². The van der Waals surface area contributed by atoms with Gasteiger partial charge in [-0.2, -0.15) is 0 Å². The minimum atomic E-state index is -4.10. The van der Waals surface area contributed by atoms with Gasteiger partial charge < -0.3 is 10.2 Å². The molecule has 0 fully saturated rings. The molecule has 9 heteroatoms. The summed E-state index contributed by atoms with van der Waals surface area (Å²) in [7, 11) is -4.10. The minimum absolute atomic E-state index is 0.0544. The van der Waals surface area contributed by atoms with Crippen LogP contribution in [0.4, 0.5) is 5.69 Å². The Morgan fingerprint density at radius 3 is 2.22 bits per heavy atom. The number of sulfonamides is 1. The molecule has 0 aliphatic heterocycles. The van der Waals surface area contributed by atoms with Gasteiger partial charge in [0.2, 0.25) is 11.8 Å². The Hall–Kier alpha value is -3.36. The van der Waals surface area contributed by atoms with Gasteiger partial charge in [0.1, 0.15) is 12.6 Å². The average Bonchev–Trinajstić information content (AvgIpc) is 2.88. The van der Waals surface area contributed by atoms with Crippen LogP contribution in [-0.4, -0.2) is 44.3 Å². The lowest BCUT2D eigenvalue weighted by atomic mass is 10.1. The van der Waals surface area contributed by atoms with E-state index in [-0.39, 0.29) is 17.3 Å². The molecule has 0 saturated carbocycles. The Morgan fingerprint density at radius 1 is 0.946 bits per heavy atom. The normalized spacial score (nSPS) is 12.0. The summed E-state index contributed by atoms with van der Waals surface area (Å²) in [6, 6.07) is 21.1. The Morgan fingerprint density at radius 2 is 1.62 bits per heavy atom. The van der Waals surface area contributed by atoms with Gasteiger partial charge in [-0.25, -0.2) is 8.42 Å². The van der Waals surface area contributed by atoms with Crippen molar-refractivity contribution >= 4 is 39.1 Å². The number of hydrogen-bond acceptors (Lipinski definition) is 4. The van der Waals surface area contributed by atoms with Crippen molar-refractivity contribution in [3.8, 4) is 0 Å². The zero-order valence-electron chi connectivity index (χ0n) is 21.2. The topological polar surface area (TPSA) is 86.8 Å². The number of halogens is 1. The molecule has 3 aromatic rings. The summed E-state index contributed by atoms with van der Waals surface area (Å²) in [5.41, 5.74) is 2.16. The van der Waals surface area contributed by atoms with Gasteiger partial charge in [-0.15, -0.1) is 0 Å². The molecule has 196 valence electrons. The number of hydrogen-bond donors (Lipinski definition) is 1. The number of aryl methyl sites for hydroxylation is 1. The molecule has 1 N–H and O–H groups in total. The summed E-state index contributed by atoms with van der Waals surface area (Å²) in [4.78, 5) is 28.3. The van der Waals surface area contributed by atoms with Gasteiger partial charge >= 0.3 is 0 Å². The zero-order valence-corrected chi connectivity index (χ0v) is 22.8. The van der Waals surface area contributed by atoms with Gasteiger partial charge in [-0.3, -0.25) is 13.9 Å². The molecule has 1 atom stereocenters. The summed E-state index contributed by atoms with van der Waals surface area (Å²) < 4.78 is 28.5. The van der Waals surface area contributed by atoms with Crippen molar-refractivity contribution in [2.24, 2.45) is 0 Å². The molecule has 3 rings (SSSR count). The molecule has 0 spiro atoms. The van der Waals surface area contributed by atoms with E-state index in [0.29, 0.717) is 23.7 Å². The first-order valence-corrected chi connectivity index (χ1v) is 13.9. The van der Waals surface area contributed by atoms with E-state index < -0.39 is 28.5 Å². The van der Waals surface area contributed by atoms with Crippen LogP contribution in [0, 0.1) is 6.92 Å². The van der Waals surface area contributed by atoms with E-state index in [4.69, 9.17) is 11.6 Å². The number of nitrogens with zero attached hydrogens (tertiary/aromatic N) is 2. The predicted octanol–water partition coefficient (Wildman–Crippen LogP) is 4.79. The summed E-state index contributed by atoms with van der Waals surface area (Å²) in [5.74, 6) is -0.774. The molecule has 7 nitrogen and oxygen atoms in total. The number of nitrogens with one attached hydrogen (secondary N) is 1. The van der Waals surface area contributed by atoms with E-state index in [9.17, 15) is 18.0 Å². The van der Waals surface area contributed by atoms with Crippen molar-refractivity contribution in [2.45, 2.75) is 44.7 Å². The van der Waals surface area contributed by atoms with Gasteiger partial charge in [0, 0.05) is 18.1 Å². The van der Waals surface area contributed by atoms with Crippen LogP contribution in [-0.2, 0) is 26.2 Å². The Labute approximate surface area is 224 Å². The number of likely N-dealkylation sites (N-methyl/N-ethyl adjacent to an activating group) is 1.